The maximum absolute atomic E-state index is 11.6. The fraction of sp³-hybridized carbons (Fsp3) is 0.600. The van der Waals surface area contributed by atoms with Gasteiger partial charge in [-0.15, -0.1) is 0 Å². The van der Waals surface area contributed by atoms with Crippen LogP contribution in [0.15, 0.2) is 15.8 Å². The SMILES string of the molecule is CCc1cn(C(C)(C)CN)c(=O)[nH]c1=O. The van der Waals surface area contributed by atoms with Crippen LogP contribution in [0, 0.1) is 0 Å². The number of rotatable bonds is 3. The highest BCUT2D eigenvalue weighted by molar-refractivity contribution is 5.05. The highest BCUT2D eigenvalue weighted by Gasteiger charge is 2.20. The van der Waals surface area contributed by atoms with Crippen LogP contribution in [0.1, 0.15) is 26.3 Å². The van der Waals surface area contributed by atoms with Crippen molar-refractivity contribution < 1.29 is 0 Å². The van der Waals surface area contributed by atoms with E-state index in [1.807, 2.05) is 20.8 Å². The first-order chi connectivity index (χ1) is 6.92. The van der Waals surface area contributed by atoms with Crippen molar-refractivity contribution >= 4 is 0 Å². The Morgan fingerprint density at radius 3 is 2.53 bits per heavy atom. The van der Waals surface area contributed by atoms with Gasteiger partial charge < -0.3 is 5.73 Å². The van der Waals surface area contributed by atoms with E-state index in [1.54, 1.807) is 6.20 Å². The maximum Gasteiger partial charge on any atom is 0.328 e. The van der Waals surface area contributed by atoms with Gasteiger partial charge in [-0.1, -0.05) is 6.92 Å². The second kappa shape index (κ2) is 4.02. The Hall–Kier alpha value is -1.36. The fourth-order valence-corrected chi connectivity index (χ4v) is 1.31. The number of hydrogen-bond donors (Lipinski definition) is 2. The van der Waals surface area contributed by atoms with Gasteiger partial charge in [-0.25, -0.2) is 4.79 Å². The monoisotopic (exact) mass is 211 g/mol. The summed E-state index contributed by atoms with van der Waals surface area (Å²) < 4.78 is 1.48. The van der Waals surface area contributed by atoms with E-state index in [1.165, 1.54) is 4.57 Å². The molecule has 0 amide bonds. The molecule has 5 nitrogen and oxygen atoms in total. The Kier molecular flexibility index (Phi) is 3.14. The van der Waals surface area contributed by atoms with E-state index in [9.17, 15) is 9.59 Å². The minimum atomic E-state index is -0.481. The van der Waals surface area contributed by atoms with Gasteiger partial charge in [-0.3, -0.25) is 14.3 Å². The van der Waals surface area contributed by atoms with Gasteiger partial charge in [-0.05, 0) is 20.3 Å². The molecule has 0 radical (unpaired) electrons. The van der Waals surface area contributed by atoms with E-state index >= 15 is 0 Å². The van der Waals surface area contributed by atoms with Crippen LogP contribution < -0.4 is 17.0 Å². The van der Waals surface area contributed by atoms with Crippen LogP contribution in [0.4, 0.5) is 0 Å². The molecule has 0 bridgehead atoms. The number of hydrogen-bond acceptors (Lipinski definition) is 3. The van der Waals surface area contributed by atoms with Crippen molar-refractivity contribution in [2.45, 2.75) is 32.7 Å². The third-order valence-corrected chi connectivity index (χ3v) is 2.55. The van der Waals surface area contributed by atoms with Gasteiger partial charge in [0.15, 0.2) is 0 Å². The molecule has 3 N–H and O–H groups in total. The Labute approximate surface area is 87.9 Å². The number of nitrogens with two attached hydrogens (primary N) is 1. The lowest BCUT2D eigenvalue weighted by Gasteiger charge is -2.25. The summed E-state index contributed by atoms with van der Waals surface area (Å²) in [4.78, 5) is 25.2. The number of aromatic amines is 1. The van der Waals surface area contributed by atoms with Crippen molar-refractivity contribution in [1.82, 2.24) is 9.55 Å². The minimum absolute atomic E-state index is 0.313. The van der Waals surface area contributed by atoms with Crippen LogP contribution in [-0.2, 0) is 12.0 Å². The summed E-state index contributed by atoms with van der Waals surface area (Å²) in [7, 11) is 0. The highest BCUT2D eigenvalue weighted by atomic mass is 16.2. The molecule has 0 fully saturated rings. The standard InChI is InChI=1S/C10H17N3O2/c1-4-7-5-13(10(2,3)6-11)9(15)12-8(7)14/h5H,4,6,11H2,1-3H3,(H,12,14,15). The van der Waals surface area contributed by atoms with Gasteiger partial charge in [0, 0.05) is 18.3 Å². The lowest BCUT2D eigenvalue weighted by molar-refractivity contribution is 0.347. The van der Waals surface area contributed by atoms with Gasteiger partial charge in [-0.2, -0.15) is 0 Å². The zero-order valence-corrected chi connectivity index (χ0v) is 9.33. The predicted octanol–water partition coefficient (Wildman–Crippen LogP) is -0.207. The molecular weight excluding hydrogens is 194 g/mol. The molecular formula is C10H17N3O2. The highest BCUT2D eigenvalue weighted by Crippen LogP contribution is 2.09. The van der Waals surface area contributed by atoms with Gasteiger partial charge >= 0.3 is 5.69 Å². The molecule has 84 valence electrons. The molecule has 5 heteroatoms. The molecule has 0 aliphatic rings. The van der Waals surface area contributed by atoms with E-state index < -0.39 is 11.2 Å². The van der Waals surface area contributed by atoms with Crippen molar-refractivity contribution in [2.75, 3.05) is 6.54 Å². The lowest BCUT2D eigenvalue weighted by Crippen LogP contribution is -2.45. The normalized spacial score (nSPS) is 11.7. The largest absolute Gasteiger partial charge is 0.328 e. The second-order valence-electron chi connectivity index (χ2n) is 4.15. The zero-order chi connectivity index (χ0) is 11.6. The first-order valence-corrected chi connectivity index (χ1v) is 4.97. The molecule has 1 aromatic heterocycles. The zero-order valence-electron chi connectivity index (χ0n) is 9.33. The van der Waals surface area contributed by atoms with E-state index in [4.69, 9.17) is 5.73 Å². The van der Waals surface area contributed by atoms with Crippen LogP contribution in [0.5, 0.6) is 0 Å². The maximum atomic E-state index is 11.6. The van der Waals surface area contributed by atoms with Crippen molar-refractivity contribution in [2.24, 2.45) is 5.73 Å². The topological polar surface area (TPSA) is 80.9 Å². The molecule has 1 heterocycles. The van der Waals surface area contributed by atoms with Gasteiger partial charge in [0.1, 0.15) is 0 Å². The Balaban J connectivity index is 3.44. The number of aromatic nitrogens is 2. The molecule has 0 aliphatic heterocycles. The van der Waals surface area contributed by atoms with Crippen LogP contribution in [0.3, 0.4) is 0 Å². The molecule has 1 rings (SSSR count). The van der Waals surface area contributed by atoms with Crippen molar-refractivity contribution in [1.29, 1.82) is 0 Å². The summed E-state index contributed by atoms with van der Waals surface area (Å²) in [6.07, 6.45) is 2.18. The average molecular weight is 211 g/mol. The molecule has 0 saturated heterocycles. The molecule has 0 atom stereocenters. The number of aryl methyl sites for hydroxylation is 1. The van der Waals surface area contributed by atoms with E-state index in [-0.39, 0.29) is 5.56 Å². The molecule has 0 unspecified atom stereocenters. The third-order valence-electron chi connectivity index (χ3n) is 2.55. The molecule has 1 aromatic rings. The van der Waals surface area contributed by atoms with E-state index in [0.29, 0.717) is 18.5 Å². The van der Waals surface area contributed by atoms with Gasteiger partial charge in [0.05, 0.1) is 5.54 Å². The number of H-pyrrole nitrogens is 1. The molecule has 0 aromatic carbocycles. The van der Waals surface area contributed by atoms with Crippen LogP contribution in [0.2, 0.25) is 0 Å². The van der Waals surface area contributed by atoms with Crippen molar-refractivity contribution in [3.8, 4) is 0 Å². The minimum Gasteiger partial charge on any atom is -0.328 e. The summed E-state index contributed by atoms with van der Waals surface area (Å²) in [5.41, 5.74) is 4.97. The Bertz CT molecular complexity index is 456. The van der Waals surface area contributed by atoms with E-state index in [2.05, 4.69) is 4.98 Å². The fourth-order valence-electron chi connectivity index (χ4n) is 1.31. The molecule has 0 spiro atoms. The first-order valence-electron chi connectivity index (χ1n) is 4.97. The van der Waals surface area contributed by atoms with Crippen LogP contribution in [-0.4, -0.2) is 16.1 Å². The van der Waals surface area contributed by atoms with E-state index in [0.717, 1.165) is 0 Å². The molecule has 0 aliphatic carbocycles. The summed E-state index contributed by atoms with van der Waals surface area (Å²) in [6, 6.07) is 0. The third kappa shape index (κ3) is 2.18. The van der Waals surface area contributed by atoms with Gasteiger partial charge in [0.25, 0.3) is 5.56 Å². The summed E-state index contributed by atoms with van der Waals surface area (Å²) in [6.45, 7) is 5.91. The summed E-state index contributed by atoms with van der Waals surface area (Å²) in [5.74, 6) is 0. The van der Waals surface area contributed by atoms with Crippen molar-refractivity contribution in [3.63, 3.8) is 0 Å². The average Bonchev–Trinajstić information content (AvgIpc) is 2.17. The quantitative estimate of drug-likeness (QED) is 0.726. The Morgan fingerprint density at radius 1 is 1.47 bits per heavy atom. The Morgan fingerprint density at radius 2 is 2.07 bits per heavy atom. The van der Waals surface area contributed by atoms with Crippen LogP contribution in [0.25, 0.3) is 0 Å². The molecule has 15 heavy (non-hydrogen) atoms. The second-order valence-corrected chi connectivity index (χ2v) is 4.15. The smallest absolute Gasteiger partial charge is 0.328 e. The summed E-state index contributed by atoms with van der Waals surface area (Å²) >= 11 is 0. The number of nitrogens with zero attached hydrogens (tertiary/aromatic N) is 1. The van der Waals surface area contributed by atoms with Crippen molar-refractivity contribution in [3.05, 3.63) is 32.6 Å². The van der Waals surface area contributed by atoms with Crippen LogP contribution >= 0.6 is 0 Å². The number of nitrogens with one attached hydrogen (secondary N) is 1. The lowest BCUT2D eigenvalue weighted by atomic mass is 10.1. The first kappa shape index (κ1) is 11.7. The van der Waals surface area contributed by atoms with Gasteiger partial charge in [0.2, 0.25) is 0 Å². The summed E-state index contributed by atoms with van der Waals surface area (Å²) in [5, 5.41) is 0. The predicted molar refractivity (Wildman–Crippen MR) is 59.1 cm³/mol. The molecule has 0 saturated carbocycles.